The second-order valence-electron chi connectivity index (χ2n) is 5.05. The van der Waals surface area contributed by atoms with Crippen molar-refractivity contribution in [2.45, 2.75) is 25.5 Å². The molecule has 1 aromatic carbocycles. The van der Waals surface area contributed by atoms with Crippen molar-refractivity contribution in [1.82, 2.24) is 4.98 Å². The quantitative estimate of drug-likeness (QED) is 0.888. The second kappa shape index (κ2) is 5.55. The number of aromatic nitrogens is 1. The fourth-order valence-corrected chi connectivity index (χ4v) is 1.86. The molecule has 4 nitrogen and oxygen atoms in total. The van der Waals surface area contributed by atoms with E-state index in [0.29, 0.717) is 11.9 Å². The average Bonchev–Trinajstić information content (AvgIpc) is 3.26. The van der Waals surface area contributed by atoms with Crippen molar-refractivity contribution in [1.29, 1.82) is 0 Å². The van der Waals surface area contributed by atoms with Crippen molar-refractivity contribution in [3.63, 3.8) is 0 Å². The van der Waals surface area contributed by atoms with E-state index in [1.165, 1.54) is 18.2 Å². The predicted molar refractivity (Wildman–Crippen MR) is 76.0 cm³/mol. The second-order valence-corrected chi connectivity index (χ2v) is 5.05. The highest BCUT2D eigenvalue weighted by atomic mass is 19.1. The number of benzene rings is 1. The maximum Gasteiger partial charge on any atom is 0.252 e. The molecule has 3 N–H and O–H groups in total. The normalized spacial score (nSPS) is 14.0. The maximum atomic E-state index is 13.8. The van der Waals surface area contributed by atoms with Gasteiger partial charge in [0.15, 0.2) is 11.6 Å². The topological polar surface area (TPSA) is 60.2 Å². The molecule has 1 aliphatic carbocycles. The molecule has 0 unspecified atom stereocenters. The summed E-state index contributed by atoms with van der Waals surface area (Å²) in [5, 5.41) is 3.13. The number of nitrogens with one attached hydrogen (secondary N) is 1. The lowest BCUT2D eigenvalue weighted by Crippen LogP contribution is -2.09. The Labute approximate surface area is 120 Å². The van der Waals surface area contributed by atoms with Gasteiger partial charge in [0.25, 0.3) is 5.88 Å². The zero-order valence-corrected chi connectivity index (χ0v) is 11.3. The molecule has 0 atom stereocenters. The van der Waals surface area contributed by atoms with Crippen molar-refractivity contribution in [3.8, 4) is 5.88 Å². The van der Waals surface area contributed by atoms with E-state index >= 15 is 0 Å². The van der Waals surface area contributed by atoms with Gasteiger partial charge in [-0.1, -0.05) is 12.1 Å². The first-order valence-corrected chi connectivity index (χ1v) is 6.71. The number of pyridine rings is 1. The Morgan fingerprint density at radius 3 is 2.62 bits per heavy atom. The van der Waals surface area contributed by atoms with Crippen LogP contribution in [0.2, 0.25) is 0 Å². The third-order valence-electron chi connectivity index (χ3n) is 3.18. The van der Waals surface area contributed by atoms with Crippen LogP contribution in [0.4, 0.5) is 20.3 Å². The summed E-state index contributed by atoms with van der Waals surface area (Å²) in [7, 11) is 0. The molecule has 2 aromatic rings. The van der Waals surface area contributed by atoms with Crippen LogP contribution in [0.1, 0.15) is 18.4 Å². The predicted octanol–water partition coefficient (Wildman–Crippen LogP) is 3.10. The number of nitrogens with zero attached hydrogens (tertiary/aromatic N) is 1. The van der Waals surface area contributed by atoms with E-state index in [0.717, 1.165) is 18.4 Å². The molecule has 1 fully saturated rings. The molecule has 0 radical (unpaired) electrons. The molecule has 0 aliphatic heterocycles. The molecule has 0 bridgehead atoms. The van der Waals surface area contributed by atoms with Crippen LogP contribution in [0.3, 0.4) is 0 Å². The largest absolute Gasteiger partial charge is 0.471 e. The van der Waals surface area contributed by atoms with Gasteiger partial charge in [0.2, 0.25) is 0 Å². The highest BCUT2D eigenvalue weighted by Crippen LogP contribution is 2.29. The van der Waals surface area contributed by atoms with E-state index < -0.39 is 5.82 Å². The highest BCUT2D eigenvalue weighted by Gasteiger charge is 2.23. The molecule has 6 heteroatoms. The molecule has 21 heavy (non-hydrogen) atoms. The van der Waals surface area contributed by atoms with Crippen LogP contribution in [-0.4, -0.2) is 11.0 Å². The summed E-state index contributed by atoms with van der Waals surface area (Å²) in [5.41, 5.74) is 6.71. The average molecular weight is 291 g/mol. The van der Waals surface area contributed by atoms with E-state index in [2.05, 4.69) is 10.3 Å². The number of hydrogen-bond acceptors (Lipinski definition) is 4. The van der Waals surface area contributed by atoms with Crippen molar-refractivity contribution in [2.75, 3.05) is 11.1 Å². The highest BCUT2D eigenvalue weighted by molar-refractivity contribution is 5.63. The summed E-state index contributed by atoms with van der Waals surface area (Å²) in [4.78, 5) is 4.08. The summed E-state index contributed by atoms with van der Waals surface area (Å²) in [6.45, 7) is 0.108. The number of halogens is 2. The minimum Gasteiger partial charge on any atom is -0.471 e. The van der Waals surface area contributed by atoms with Gasteiger partial charge in [-0.25, -0.2) is 8.78 Å². The minimum atomic E-state index is -0.615. The molecule has 1 saturated carbocycles. The van der Waals surface area contributed by atoms with Crippen LogP contribution in [0.15, 0.2) is 30.3 Å². The fraction of sp³-hybridized carbons (Fsp3) is 0.267. The van der Waals surface area contributed by atoms with Crippen LogP contribution in [-0.2, 0) is 6.61 Å². The first-order chi connectivity index (χ1) is 10.1. The van der Waals surface area contributed by atoms with Crippen molar-refractivity contribution >= 4 is 11.5 Å². The van der Waals surface area contributed by atoms with E-state index in [9.17, 15) is 8.78 Å². The zero-order chi connectivity index (χ0) is 14.8. The van der Waals surface area contributed by atoms with Gasteiger partial charge in [0.05, 0.1) is 5.69 Å². The summed E-state index contributed by atoms with van der Waals surface area (Å²) >= 11 is 0. The SMILES string of the molecule is Nc1cc(F)c(OCc2ccc(F)cc2)nc1NC1CC1. The van der Waals surface area contributed by atoms with Gasteiger partial charge in [-0.2, -0.15) is 4.98 Å². The standard InChI is InChI=1S/C15H15F2N3O/c16-10-3-1-9(2-4-10)8-21-15-12(17)7-13(18)14(20-15)19-11-5-6-11/h1-4,7,11H,5-6,8,18H2,(H,19,20). The number of nitrogen functional groups attached to an aromatic ring is 1. The Morgan fingerprint density at radius 2 is 1.95 bits per heavy atom. The number of ether oxygens (including phenoxy) is 1. The number of anilines is 2. The van der Waals surface area contributed by atoms with Crippen LogP contribution >= 0.6 is 0 Å². The first-order valence-electron chi connectivity index (χ1n) is 6.71. The van der Waals surface area contributed by atoms with E-state index in [4.69, 9.17) is 10.5 Å². The fourth-order valence-electron chi connectivity index (χ4n) is 1.86. The monoisotopic (exact) mass is 291 g/mol. The Morgan fingerprint density at radius 1 is 1.24 bits per heavy atom. The summed E-state index contributed by atoms with van der Waals surface area (Å²) in [6, 6.07) is 7.35. The van der Waals surface area contributed by atoms with Gasteiger partial charge in [-0.05, 0) is 30.5 Å². The number of hydrogen-bond donors (Lipinski definition) is 2. The molecule has 0 spiro atoms. The molecule has 0 saturated heterocycles. The Balaban J connectivity index is 1.72. The lowest BCUT2D eigenvalue weighted by Gasteiger charge is -2.11. The first kappa shape index (κ1) is 13.6. The Kier molecular flexibility index (Phi) is 3.60. The van der Waals surface area contributed by atoms with Gasteiger partial charge in [-0.3, -0.25) is 0 Å². The third-order valence-corrected chi connectivity index (χ3v) is 3.18. The molecule has 1 aromatic heterocycles. The summed E-state index contributed by atoms with van der Waals surface area (Å²) in [6.07, 6.45) is 2.12. The van der Waals surface area contributed by atoms with Crippen molar-refractivity contribution in [3.05, 3.63) is 47.5 Å². The van der Waals surface area contributed by atoms with Crippen LogP contribution in [0, 0.1) is 11.6 Å². The van der Waals surface area contributed by atoms with Crippen molar-refractivity contribution < 1.29 is 13.5 Å². The maximum absolute atomic E-state index is 13.8. The van der Waals surface area contributed by atoms with Gasteiger partial charge < -0.3 is 15.8 Å². The molecular formula is C15H15F2N3O. The van der Waals surface area contributed by atoms with E-state index in [-0.39, 0.29) is 24.0 Å². The molecule has 0 amide bonds. The zero-order valence-electron chi connectivity index (χ0n) is 11.3. The van der Waals surface area contributed by atoms with E-state index in [1.54, 1.807) is 12.1 Å². The molecule has 110 valence electrons. The van der Waals surface area contributed by atoms with Crippen molar-refractivity contribution in [2.24, 2.45) is 0 Å². The number of nitrogens with two attached hydrogens (primary N) is 1. The molecular weight excluding hydrogens is 276 g/mol. The van der Waals surface area contributed by atoms with Gasteiger partial charge in [0.1, 0.15) is 12.4 Å². The lowest BCUT2D eigenvalue weighted by atomic mass is 10.2. The number of rotatable bonds is 5. The van der Waals surface area contributed by atoms with Crippen LogP contribution < -0.4 is 15.8 Å². The smallest absolute Gasteiger partial charge is 0.252 e. The van der Waals surface area contributed by atoms with Gasteiger partial charge in [0, 0.05) is 12.1 Å². The van der Waals surface area contributed by atoms with Crippen LogP contribution in [0.25, 0.3) is 0 Å². The molecule has 1 heterocycles. The minimum absolute atomic E-state index is 0.108. The van der Waals surface area contributed by atoms with Gasteiger partial charge in [-0.15, -0.1) is 0 Å². The van der Waals surface area contributed by atoms with Gasteiger partial charge >= 0.3 is 0 Å². The Bertz CT molecular complexity index is 642. The summed E-state index contributed by atoms with van der Waals surface area (Å²) < 4.78 is 32.0. The Hall–Kier alpha value is -2.37. The third kappa shape index (κ3) is 3.39. The molecule has 3 rings (SSSR count). The summed E-state index contributed by atoms with van der Waals surface area (Å²) in [5.74, 6) is -0.618. The lowest BCUT2D eigenvalue weighted by molar-refractivity contribution is 0.277. The van der Waals surface area contributed by atoms with E-state index in [1.807, 2.05) is 0 Å². The molecule has 1 aliphatic rings. The van der Waals surface area contributed by atoms with Crippen LogP contribution in [0.5, 0.6) is 5.88 Å².